The molecule has 0 bridgehead atoms. The molecule has 1 fully saturated rings. The highest BCUT2D eigenvalue weighted by Gasteiger charge is 2.25. The van der Waals surface area contributed by atoms with Gasteiger partial charge < -0.3 is 14.8 Å². The minimum Gasteiger partial charge on any atom is -0.336 e. The van der Waals surface area contributed by atoms with Gasteiger partial charge in [-0.25, -0.2) is 13.9 Å². The van der Waals surface area contributed by atoms with Crippen molar-refractivity contribution < 1.29 is 4.39 Å². The number of rotatable bonds is 4. The fraction of sp³-hybridized carbons (Fsp3) is 0.438. The zero-order chi connectivity index (χ0) is 16.7. The molecule has 4 rings (SSSR count). The van der Waals surface area contributed by atoms with E-state index in [2.05, 4.69) is 34.2 Å². The molecule has 1 atom stereocenters. The maximum atomic E-state index is 13.5. The predicted molar refractivity (Wildman–Crippen MR) is 90.6 cm³/mol. The van der Waals surface area contributed by atoms with E-state index in [-0.39, 0.29) is 0 Å². The third kappa shape index (κ3) is 2.68. The molecule has 0 aromatic carbocycles. The van der Waals surface area contributed by atoms with E-state index in [1.54, 1.807) is 10.8 Å². The molecule has 8 heteroatoms. The van der Waals surface area contributed by atoms with E-state index >= 15 is 0 Å². The van der Waals surface area contributed by atoms with Crippen LogP contribution in [0.4, 0.5) is 22.0 Å². The van der Waals surface area contributed by atoms with Gasteiger partial charge in [0.1, 0.15) is 17.5 Å². The van der Waals surface area contributed by atoms with Crippen LogP contribution in [0.2, 0.25) is 0 Å². The summed E-state index contributed by atoms with van der Waals surface area (Å²) in [5, 5.41) is 7.75. The van der Waals surface area contributed by atoms with Crippen molar-refractivity contribution in [2.75, 3.05) is 23.3 Å². The molecule has 3 aromatic rings. The Hall–Kier alpha value is -2.64. The summed E-state index contributed by atoms with van der Waals surface area (Å²) in [5.74, 6) is 1.92. The molecule has 1 N–H and O–H groups in total. The Morgan fingerprint density at radius 2 is 2.25 bits per heavy atom. The highest BCUT2D eigenvalue weighted by Crippen LogP contribution is 2.24. The van der Waals surface area contributed by atoms with Gasteiger partial charge in [0.05, 0.1) is 12.9 Å². The van der Waals surface area contributed by atoms with Gasteiger partial charge in [0.2, 0.25) is 5.95 Å². The molecule has 3 aromatic heterocycles. The number of hydrogen-bond acceptors (Lipinski definition) is 5. The highest BCUT2D eigenvalue weighted by molar-refractivity contribution is 5.72. The zero-order valence-electron chi connectivity index (χ0n) is 13.7. The third-order valence-electron chi connectivity index (χ3n) is 4.24. The van der Waals surface area contributed by atoms with Crippen molar-refractivity contribution in [2.45, 2.75) is 32.5 Å². The second-order valence-electron chi connectivity index (χ2n) is 6.36. The molecule has 126 valence electrons. The number of nitrogens with one attached hydrogen (secondary N) is 1. The Labute approximate surface area is 139 Å². The summed E-state index contributed by atoms with van der Waals surface area (Å²) in [6, 6.07) is 4.19. The average molecular weight is 329 g/mol. The normalized spacial score (nSPS) is 18.0. The van der Waals surface area contributed by atoms with Gasteiger partial charge in [-0.05, 0) is 32.4 Å². The summed E-state index contributed by atoms with van der Waals surface area (Å²) >= 11 is 0. The van der Waals surface area contributed by atoms with Crippen molar-refractivity contribution in [2.24, 2.45) is 0 Å². The Balaban J connectivity index is 1.69. The van der Waals surface area contributed by atoms with E-state index in [1.807, 2.05) is 34.0 Å². The van der Waals surface area contributed by atoms with Crippen molar-refractivity contribution in [3.05, 3.63) is 30.9 Å². The van der Waals surface area contributed by atoms with E-state index < -0.39 is 6.17 Å². The molecule has 7 nitrogen and oxygen atoms in total. The Bertz CT molecular complexity index is 853. The lowest BCUT2D eigenvalue weighted by molar-refractivity contribution is 0.364. The third-order valence-corrected chi connectivity index (χ3v) is 4.24. The molecule has 0 saturated carbocycles. The maximum absolute atomic E-state index is 13.5. The van der Waals surface area contributed by atoms with Crippen molar-refractivity contribution in [3.63, 3.8) is 0 Å². The van der Waals surface area contributed by atoms with Crippen LogP contribution in [0.5, 0.6) is 0 Å². The van der Waals surface area contributed by atoms with Gasteiger partial charge >= 0.3 is 0 Å². The van der Waals surface area contributed by atoms with Crippen LogP contribution in [-0.2, 0) is 0 Å². The first-order valence-corrected chi connectivity index (χ1v) is 8.15. The van der Waals surface area contributed by atoms with Gasteiger partial charge in [-0.15, -0.1) is 5.10 Å². The number of imidazole rings is 1. The lowest BCUT2D eigenvalue weighted by atomic mass is 10.3. The molecule has 1 aliphatic heterocycles. The fourth-order valence-electron chi connectivity index (χ4n) is 2.85. The second kappa shape index (κ2) is 5.77. The smallest absolute Gasteiger partial charge is 0.245 e. The van der Waals surface area contributed by atoms with E-state index in [0.717, 1.165) is 11.3 Å². The van der Waals surface area contributed by atoms with E-state index in [9.17, 15) is 4.39 Å². The first kappa shape index (κ1) is 14.9. The topological polar surface area (TPSA) is 63.3 Å². The minimum absolute atomic E-state index is 0.341. The van der Waals surface area contributed by atoms with Crippen LogP contribution >= 0.6 is 0 Å². The lowest BCUT2D eigenvalue weighted by Crippen LogP contribution is -2.23. The van der Waals surface area contributed by atoms with E-state index in [0.29, 0.717) is 37.3 Å². The molecule has 24 heavy (non-hydrogen) atoms. The minimum atomic E-state index is -0.813. The van der Waals surface area contributed by atoms with Crippen LogP contribution < -0.4 is 10.2 Å². The van der Waals surface area contributed by atoms with Crippen molar-refractivity contribution in [1.82, 2.24) is 24.1 Å². The number of hydrogen-bond donors (Lipinski definition) is 1. The zero-order valence-corrected chi connectivity index (χ0v) is 13.7. The summed E-state index contributed by atoms with van der Waals surface area (Å²) in [4.78, 5) is 10.9. The van der Waals surface area contributed by atoms with Crippen LogP contribution in [0.25, 0.3) is 5.52 Å². The summed E-state index contributed by atoms with van der Waals surface area (Å²) < 4.78 is 17.3. The van der Waals surface area contributed by atoms with Crippen LogP contribution in [-0.4, -0.2) is 43.4 Å². The Morgan fingerprint density at radius 1 is 1.38 bits per heavy atom. The van der Waals surface area contributed by atoms with Crippen molar-refractivity contribution in [1.29, 1.82) is 0 Å². The number of halogens is 1. The summed E-state index contributed by atoms with van der Waals surface area (Å²) in [7, 11) is 0. The first-order chi connectivity index (χ1) is 11.6. The molecule has 0 amide bonds. The molecule has 1 saturated heterocycles. The Morgan fingerprint density at radius 3 is 2.96 bits per heavy atom. The van der Waals surface area contributed by atoms with Gasteiger partial charge in [0, 0.05) is 25.0 Å². The predicted octanol–water partition coefficient (Wildman–Crippen LogP) is 2.80. The van der Waals surface area contributed by atoms with E-state index in [4.69, 9.17) is 0 Å². The maximum Gasteiger partial charge on any atom is 0.245 e. The van der Waals surface area contributed by atoms with Crippen molar-refractivity contribution in [3.8, 4) is 0 Å². The molecule has 0 unspecified atom stereocenters. The van der Waals surface area contributed by atoms with Gasteiger partial charge in [0.15, 0.2) is 5.82 Å². The standard InChI is InChI=1S/C16H20FN7/c1-11(2)23-9-14(18-10-23)19-15-13-4-3-6-24(13)21-16(20-15)22-7-5-12(17)8-22/h3-4,6,9-12H,5,7-8H2,1-2H3,(H,19,20,21)/t12-/m1/s1. The largest absolute Gasteiger partial charge is 0.336 e. The summed E-state index contributed by atoms with van der Waals surface area (Å²) in [6.45, 7) is 5.17. The summed E-state index contributed by atoms with van der Waals surface area (Å²) in [5.41, 5.74) is 0.855. The average Bonchev–Trinajstić information content (AvgIpc) is 3.26. The van der Waals surface area contributed by atoms with Gasteiger partial charge in [-0.1, -0.05) is 0 Å². The lowest BCUT2D eigenvalue weighted by Gasteiger charge is -2.16. The molecule has 0 aliphatic carbocycles. The fourth-order valence-corrected chi connectivity index (χ4v) is 2.85. The van der Waals surface area contributed by atoms with Gasteiger partial charge in [0.25, 0.3) is 0 Å². The molecule has 1 aliphatic rings. The molecular weight excluding hydrogens is 309 g/mol. The Kier molecular flexibility index (Phi) is 3.59. The monoisotopic (exact) mass is 329 g/mol. The highest BCUT2D eigenvalue weighted by atomic mass is 19.1. The molecule has 0 spiro atoms. The summed E-state index contributed by atoms with van der Waals surface area (Å²) in [6.07, 6.45) is 5.31. The number of fused-ring (bicyclic) bond motifs is 1. The number of aromatic nitrogens is 5. The quantitative estimate of drug-likeness (QED) is 0.797. The van der Waals surface area contributed by atoms with Crippen LogP contribution in [0.3, 0.4) is 0 Å². The number of nitrogens with zero attached hydrogens (tertiary/aromatic N) is 6. The van der Waals surface area contributed by atoms with Gasteiger partial charge in [-0.2, -0.15) is 4.98 Å². The molecule has 0 radical (unpaired) electrons. The van der Waals surface area contributed by atoms with Crippen LogP contribution in [0.1, 0.15) is 26.3 Å². The first-order valence-electron chi connectivity index (χ1n) is 8.15. The number of alkyl halides is 1. The molecule has 4 heterocycles. The van der Waals surface area contributed by atoms with Crippen molar-refractivity contribution >= 4 is 23.1 Å². The molecular formula is C16H20FN7. The van der Waals surface area contributed by atoms with Crippen LogP contribution in [0.15, 0.2) is 30.9 Å². The second-order valence-corrected chi connectivity index (χ2v) is 6.36. The van der Waals surface area contributed by atoms with Gasteiger partial charge in [-0.3, -0.25) is 0 Å². The van der Waals surface area contributed by atoms with Crippen LogP contribution in [0, 0.1) is 0 Å². The number of anilines is 3. The SMILES string of the molecule is CC(C)n1cnc(Nc2nc(N3CC[C@@H](F)C3)nn3cccc23)c1. The van der Waals surface area contributed by atoms with E-state index in [1.165, 1.54) is 0 Å².